The summed E-state index contributed by atoms with van der Waals surface area (Å²) in [4.78, 5) is -0.00292. The molecule has 0 N–H and O–H groups in total. The molecule has 0 nitrogen and oxygen atoms in total. The zero-order valence-corrected chi connectivity index (χ0v) is 11.5. The molecule has 0 saturated heterocycles. The molecule has 0 aliphatic rings. The molecule has 0 saturated carbocycles. The minimum Gasteiger partial charge on any atom is -0.118 e. The maximum atomic E-state index is 6.61. The van der Waals surface area contributed by atoms with Crippen molar-refractivity contribution in [2.24, 2.45) is 0 Å². The number of hydrogen-bond acceptors (Lipinski definition) is 0. The topological polar surface area (TPSA) is 0 Å². The highest BCUT2D eigenvalue weighted by molar-refractivity contribution is 14.1. The van der Waals surface area contributed by atoms with E-state index in [0.29, 0.717) is 0 Å². The van der Waals surface area contributed by atoms with E-state index in [4.69, 9.17) is 11.6 Å². The van der Waals surface area contributed by atoms with Crippen LogP contribution < -0.4 is 0 Å². The molecule has 0 radical (unpaired) electrons. The van der Waals surface area contributed by atoms with Gasteiger partial charge in [-0.2, -0.15) is 0 Å². The van der Waals surface area contributed by atoms with Crippen LogP contribution in [0.2, 0.25) is 0 Å². The van der Waals surface area contributed by atoms with Crippen LogP contribution in [0.25, 0.3) is 0 Å². The third-order valence-electron chi connectivity index (χ3n) is 3.04. The van der Waals surface area contributed by atoms with Gasteiger partial charge in [0.2, 0.25) is 0 Å². The molecule has 2 heteroatoms. The molecule has 0 aromatic carbocycles. The molecule has 0 rings (SSSR count). The quantitative estimate of drug-likeness (QED) is 0.506. The molecule has 0 fully saturated rings. The average molecular weight is 303 g/mol. The zero-order chi connectivity index (χ0) is 9.83. The fourth-order valence-electron chi connectivity index (χ4n) is 1.77. The van der Waals surface area contributed by atoms with Crippen molar-refractivity contribution in [1.82, 2.24) is 0 Å². The molecule has 0 bridgehead atoms. The van der Waals surface area contributed by atoms with Crippen LogP contribution >= 0.6 is 34.2 Å². The van der Waals surface area contributed by atoms with E-state index in [-0.39, 0.29) is 8.30 Å². The van der Waals surface area contributed by atoms with Crippen molar-refractivity contribution in [3.05, 3.63) is 0 Å². The second-order valence-corrected chi connectivity index (χ2v) is 6.13. The van der Waals surface area contributed by atoms with E-state index in [1.807, 2.05) is 0 Å². The average Bonchev–Trinajstić information content (AvgIpc) is 2.15. The van der Waals surface area contributed by atoms with Crippen molar-refractivity contribution in [1.29, 1.82) is 0 Å². The summed E-state index contributed by atoms with van der Waals surface area (Å²) >= 11 is 9.16. The smallest absolute Gasteiger partial charge is 0.0586 e. The van der Waals surface area contributed by atoms with Crippen LogP contribution in [0.4, 0.5) is 0 Å². The molecule has 0 amide bonds. The van der Waals surface area contributed by atoms with Gasteiger partial charge in [-0.1, -0.05) is 50.3 Å². The third kappa shape index (κ3) is 2.28. The minimum atomic E-state index is -0.00292. The molecule has 0 heterocycles. The molecular weight excluding hydrogens is 282 g/mol. The third-order valence-corrected chi connectivity index (χ3v) is 6.82. The summed E-state index contributed by atoms with van der Waals surface area (Å²) in [6, 6.07) is 0. The Morgan fingerprint density at radius 2 is 1.25 bits per heavy atom. The Hall–Kier alpha value is 1.02. The van der Waals surface area contributed by atoms with Gasteiger partial charge >= 0.3 is 0 Å². The molecule has 0 aromatic rings. The van der Waals surface area contributed by atoms with E-state index < -0.39 is 0 Å². The number of alkyl halides is 2. The first kappa shape index (κ1) is 13.0. The number of hydrogen-bond donors (Lipinski definition) is 0. The first-order valence-corrected chi connectivity index (χ1v) is 6.33. The normalized spacial score (nSPS) is 13.5. The zero-order valence-electron chi connectivity index (χ0n) is 8.58. The van der Waals surface area contributed by atoms with Crippen LogP contribution in [0.15, 0.2) is 0 Å². The molecule has 0 atom stereocenters. The minimum absolute atomic E-state index is 0.00292. The lowest BCUT2D eigenvalue weighted by Crippen LogP contribution is -2.43. The molecule has 0 aliphatic carbocycles. The molecule has 12 heavy (non-hydrogen) atoms. The summed E-state index contributed by atoms with van der Waals surface area (Å²) in [6.45, 7) is 8.85. The molecule has 0 spiro atoms. The lowest BCUT2D eigenvalue weighted by atomic mass is 9.83. The van der Waals surface area contributed by atoms with Gasteiger partial charge < -0.3 is 0 Å². The van der Waals surface area contributed by atoms with E-state index >= 15 is 0 Å². The predicted octanol–water partition coefficient (Wildman–Crippen LogP) is 4.78. The summed E-state index contributed by atoms with van der Waals surface area (Å²) in [6.07, 6.45) is 4.45. The molecule has 0 aliphatic heterocycles. The van der Waals surface area contributed by atoms with Crippen molar-refractivity contribution in [2.75, 3.05) is 0 Å². The fraction of sp³-hybridized carbons (Fsp3) is 1.00. The van der Waals surface area contributed by atoms with Crippen molar-refractivity contribution >= 4 is 34.2 Å². The summed E-state index contributed by atoms with van der Waals surface area (Å²) in [7, 11) is 0. The van der Waals surface area contributed by atoms with Crippen molar-refractivity contribution in [3.63, 3.8) is 0 Å². The van der Waals surface area contributed by atoms with Gasteiger partial charge in [0.1, 0.15) is 0 Å². The van der Waals surface area contributed by atoms with Crippen LogP contribution in [-0.4, -0.2) is 8.30 Å². The lowest BCUT2D eigenvalue weighted by molar-refractivity contribution is 0.387. The van der Waals surface area contributed by atoms with E-state index in [0.717, 1.165) is 25.7 Å². The Bertz CT molecular complexity index is 110. The number of rotatable bonds is 5. The van der Waals surface area contributed by atoms with Crippen LogP contribution in [0.5, 0.6) is 0 Å². The lowest BCUT2D eigenvalue weighted by Gasteiger charge is -2.41. The number of halogens is 2. The van der Waals surface area contributed by atoms with Crippen LogP contribution in [-0.2, 0) is 0 Å². The summed E-state index contributed by atoms with van der Waals surface area (Å²) in [5.74, 6) is 0. The van der Waals surface area contributed by atoms with E-state index in [1.54, 1.807) is 0 Å². The van der Waals surface area contributed by atoms with Crippen LogP contribution in [0.1, 0.15) is 53.4 Å². The van der Waals surface area contributed by atoms with Crippen LogP contribution in [0.3, 0.4) is 0 Å². The fourth-order valence-corrected chi connectivity index (χ4v) is 2.80. The Kier molecular flexibility index (Phi) is 5.47. The van der Waals surface area contributed by atoms with Gasteiger partial charge in [0, 0.05) is 3.42 Å². The van der Waals surface area contributed by atoms with Gasteiger partial charge in [0.15, 0.2) is 0 Å². The SMILES string of the molecule is CCC(Cl)(CC)C(I)(CC)CC. The van der Waals surface area contributed by atoms with Crippen LogP contribution in [0, 0.1) is 0 Å². The molecular formula is C10H20ClI. The Morgan fingerprint density at radius 1 is 0.917 bits per heavy atom. The second-order valence-electron chi connectivity index (χ2n) is 3.34. The molecule has 0 unspecified atom stereocenters. The standard InChI is InChI=1S/C10H20ClI/c1-5-9(11,6-2)10(12,7-3)8-4/h5-8H2,1-4H3. The van der Waals surface area contributed by atoms with Crippen molar-refractivity contribution < 1.29 is 0 Å². The van der Waals surface area contributed by atoms with Gasteiger partial charge in [0.25, 0.3) is 0 Å². The molecule has 0 aromatic heterocycles. The Morgan fingerprint density at radius 3 is 1.33 bits per heavy atom. The van der Waals surface area contributed by atoms with Crippen molar-refractivity contribution in [3.8, 4) is 0 Å². The van der Waals surface area contributed by atoms with Gasteiger partial charge in [0.05, 0.1) is 4.87 Å². The van der Waals surface area contributed by atoms with E-state index in [2.05, 4.69) is 50.3 Å². The van der Waals surface area contributed by atoms with Gasteiger partial charge in [-0.05, 0) is 25.7 Å². The second kappa shape index (κ2) is 5.04. The Balaban J connectivity index is 4.66. The molecule has 74 valence electrons. The maximum Gasteiger partial charge on any atom is 0.0586 e. The predicted molar refractivity (Wildman–Crippen MR) is 66.5 cm³/mol. The monoisotopic (exact) mass is 302 g/mol. The van der Waals surface area contributed by atoms with Crippen molar-refractivity contribution in [2.45, 2.75) is 61.7 Å². The largest absolute Gasteiger partial charge is 0.118 e. The summed E-state index contributed by atoms with van der Waals surface area (Å²) in [5, 5.41) is 0. The highest BCUT2D eigenvalue weighted by Crippen LogP contribution is 2.46. The first-order chi connectivity index (χ1) is 5.49. The van der Waals surface area contributed by atoms with Gasteiger partial charge in [-0.25, -0.2) is 0 Å². The van der Waals surface area contributed by atoms with E-state index in [1.165, 1.54) is 0 Å². The highest BCUT2D eigenvalue weighted by atomic mass is 127. The summed E-state index contributed by atoms with van der Waals surface area (Å²) < 4.78 is 0.274. The highest BCUT2D eigenvalue weighted by Gasteiger charge is 2.43. The van der Waals surface area contributed by atoms with Gasteiger partial charge in [-0.15, -0.1) is 11.6 Å². The summed E-state index contributed by atoms with van der Waals surface area (Å²) in [5.41, 5.74) is 0. The van der Waals surface area contributed by atoms with Gasteiger partial charge in [-0.3, -0.25) is 0 Å². The maximum absolute atomic E-state index is 6.61. The first-order valence-electron chi connectivity index (χ1n) is 4.87. The Labute approximate surface area is 95.6 Å². The van der Waals surface area contributed by atoms with E-state index in [9.17, 15) is 0 Å².